The Hall–Kier alpha value is -1.39. The monoisotopic (exact) mass is 264 g/mol. The number of hydrogen-bond acceptors (Lipinski definition) is 3. The summed E-state index contributed by atoms with van der Waals surface area (Å²) in [6.45, 7) is 2.04. The molecule has 0 spiro atoms. The third-order valence-corrected chi connectivity index (χ3v) is 3.63. The van der Waals surface area contributed by atoms with Gasteiger partial charge in [-0.1, -0.05) is 23.7 Å². The van der Waals surface area contributed by atoms with E-state index in [2.05, 4.69) is 21.5 Å². The van der Waals surface area contributed by atoms with E-state index in [0.717, 1.165) is 22.8 Å². The minimum atomic E-state index is 0.187. The summed E-state index contributed by atoms with van der Waals surface area (Å²) >= 11 is 6.17. The van der Waals surface area contributed by atoms with Crippen molar-refractivity contribution in [1.82, 2.24) is 20.1 Å². The standard InChI is InChI=1S/C13H17ClN4/c1-9-10(5-4-6-11(9)14)12(15-2)7-13-16-8-17-18(13)3/h4-6,8,12,15H,7H2,1-3H3. The van der Waals surface area contributed by atoms with E-state index < -0.39 is 0 Å². The average molecular weight is 265 g/mol. The topological polar surface area (TPSA) is 42.7 Å². The van der Waals surface area contributed by atoms with E-state index in [1.165, 1.54) is 5.56 Å². The van der Waals surface area contributed by atoms with Crippen LogP contribution in [0.25, 0.3) is 0 Å². The molecule has 0 fully saturated rings. The summed E-state index contributed by atoms with van der Waals surface area (Å²) in [7, 11) is 3.85. The van der Waals surface area contributed by atoms with Crippen LogP contribution in [0.4, 0.5) is 0 Å². The van der Waals surface area contributed by atoms with Gasteiger partial charge in [0.25, 0.3) is 0 Å². The first-order valence-corrected chi connectivity index (χ1v) is 6.26. The number of halogens is 1. The molecule has 4 nitrogen and oxygen atoms in total. The number of rotatable bonds is 4. The zero-order valence-electron chi connectivity index (χ0n) is 10.8. The molecule has 0 bridgehead atoms. The van der Waals surface area contributed by atoms with Crippen molar-refractivity contribution in [3.63, 3.8) is 0 Å². The largest absolute Gasteiger partial charge is 0.313 e. The van der Waals surface area contributed by atoms with Gasteiger partial charge < -0.3 is 5.32 Å². The maximum atomic E-state index is 6.17. The van der Waals surface area contributed by atoms with Crippen LogP contribution < -0.4 is 5.32 Å². The van der Waals surface area contributed by atoms with Crippen molar-refractivity contribution < 1.29 is 0 Å². The van der Waals surface area contributed by atoms with Crippen LogP contribution >= 0.6 is 11.6 Å². The Morgan fingerprint density at radius 2 is 2.22 bits per heavy atom. The molecule has 0 aliphatic heterocycles. The smallest absolute Gasteiger partial charge is 0.138 e. The normalized spacial score (nSPS) is 12.7. The molecule has 0 saturated carbocycles. The van der Waals surface area contributed by atoms with E-state index in [1.54, 1.807) is 11.0 Å². The molecule has 1 heterocycles. The first-order chi connectivity index (χ1) is 8.63. The average Bonchev–Trinajstić information content (AvgIpc) is 2.76. The highest BCUT2D eigenvalue weighted by molar-refractivity contribution is 6.31. The fourth-order valence-electron chi connectivity index (χ4n) is 2.06. The highest BCUT2D eigenvalue weighted by Crippen LogP contribution is 2.25. The number of nitrogens with zero attached hydrogens (tertiary/aromatic N) is 3. The molecule has 1 N–H and O–H groups in total. The molecule has 1 aromatic carbocycles. The maximum Gasteiger partial charge on any atom is 0.138 e. The van der Waals surface area contributed by atoms with Crippen molar-refractivity contribution >= 4 is 11.6 Å². The van der Waals surface area contributed by atoms with Crippen LogP contribution in [0.15, 0.2) is 24.5 Å². The predicted molar refractivity (Wildman–Crippen MR) is 72.7 cm³/mol. The van der Waals surface area contributed by atoms with Gasteiger partial charge in [0.1, 0.15) is 12.2 Å². The van der Waals surface area contributed by atoms with Crippen LogP contribution in [0.1, 0.15) is 23.0 Å². The second kappa shape index (κ2) is 5.50. The summed E-state index contributed by atoms with van der Waals surface area (Å²) < 4.78 is 1.80. The molecule has 18 heavy (non-hydrogen) atoms. The van der Waals surface area contributed by atoms with Crippen LogP contribution in [0, 0.1) is 6.92 Å². The Balaban J connectivity index is 2.29. The van der Waals surface area contributed by atoms with E-state index in [9.17, 15) is 0 Å². The lowest BCUT2D eigenvalue weighted by atomic mass is 9.98. The first kappa shape index (κ1) is 13.1. The zero-order valence-corrected chi connectivity index (χ0v) is 11.6. The zero-order chi connectivity index (χ0) is 13.1. The van der Waals surface area contributed by atoms with Gasteiger partial charge in [0.2, 0.25) is 0 Å². The van der Waals surface area contributed by atoms with Crippen LogP contribution in [-0.4, -0.2) is 21.8 Å². The Kier molecular flexibility index (Phi) is 3.99. The second-order valence-corrected chi connectivity index (χ2v) is 4.71. The van der Waals surface area contributed by atoms with Crippen molar-refractivity contribution in [2.24, 2.45) is 7.05 Å². The van der Waals surface area contributed by atoms with Gasteiger partial charge in [-0.05, 0) is 31.2 Å². The Morgan fingerprint density at radius 1 is 1.44 bits per heavy atom. The van der Waals surface area contributed by atoms with Crippen LogP contribution in [0.2, 0.25) is 5.02 Å². The third kappa shape index (κ3) is 2.54. The summed E-state index contributed by atoms with van der Waals surface area (Å²) in [5, 5.41) is 8.20. The number of likely N-dealkylation sites (N-methyl/N-ethyl adjacent to an activating group) is 1. The minimum Gasteiger partial charge on any atom is -0.313 e. The van der Waals surface area contributed by atoms with Gasteiger partial charge >= 0.3 is 0 Å². The fraction of sp³-hybridized carbons (Fsp3) is 0.385. The molecule has 1 atom stereocenters. The van der Waals surface area contributed by atoms with Crippen LogP contribution in [-0.2, 0) is 13.5 Å². The molecule has 5 heteroatoms. The lowest BCUT2D eigenvalue weighted by Gasteiger charge is -2.19. The van der Waals surface area contributed by atoms with Crippen molar-refractivity contribution in [1.29, 1.82) is 0 Å². The van der Waals surface area contributed by atoms with Crippen molar-refractivity contribution in [3.05, 3.63) is 46.5 Å². The molecule has 0 aliphatic carbocycles. The summed E-state index contributed by atoms with van der Waals surface area (Å²) in [6, 6.07) is 6.17. The van der Waals surface area contributed by atoms with E-state index in [4.69, 9.17) is 11.6 Å². The summed E-state index contributed by atoms with van der Waals surface area (Å²) in [6.07, 6.45) is 2.36. The van der Waals surface area contributed by atoms with Gasteiger partial charge in [-0.3, -0.25) is 4.68 Å². The number of benzene rings is 1. The fourth-order valence-corrected chi connectivity index (χ4v) is 2.24. The minimum absolute atomic E-state index is 0.187. The van der Waals surface area contributed by atoms with E-state index in [1.807, 2.05) is 33.2 Å². The van der Waals surface area contributed by atoms with Crippen molar-refractivity contribution in [2.75, 3.05) is 7.05 Å². The Morgan fingerprint density at radius 3 is 2.83 bits per heavy atom. The highest BCUT2D eigenvalue weighted by atomic mass is 35.5. The predicted octanol–water partition coefficient (Wildman–Crippen LogP) is 2.28. The summed E-state index contributed by atoms with van der Waals surface area (Å²) in [5.74, 6) is 0.953. The molecule has 0 saturated heterocycles. The molecule has 96 valence electrons. The van der Waals surface area contributed by atoms with Gasteiger partial charge in [0.15, 0.2) is 0 Å². The lowest BCUT2D eigenvalue weighted by molar-refractivity contribution is 0.551. The van der Waals surface area contributed by atoms with Crippen LogP contribution in [0.5, 0.6) is 0 Å². The summed E-state index contributed by atoms with van der Waals surface area (Å²) in [4.78, 5) is 4.26. The van der Waals surface area contributed by atoms with E-state index >= 15 is 0 Å². The molecule has 0 radical (unpaired) electrons. The highest BCUT2D eigenvalue weighted by Gasteiger charge is 2.16. The summed E-state index contributed by atoms with van der Waals surface area (Å²) in [5.41, 5.74) is 2.31. The molecular formula is C13H17ClN4. The number of hydrogen-bond donors (Lipinski definition) is 1. The van der Waals surface area contributed by atoms with Gasteiger partial charge in [-0.2, -0.15) is 5.10 Å². The van der Waals surface area contributed by atoms with Gasteiger partial charge in [-0.25, -0.2) is 4.98 Å². The van der Waals surface area contributed by atoms with Crippen molar-refractivity contribution in [2.45, 2.75) is 19.4 Å². The number of aromatic nitrogens is 3. The Labute approximate surface area is 112 Å². The quantitative estimate of drug-likeness (QED) is 0.921. The molecule has 0 amide bonds. The molecule has 2 rings (SSSR count). The maximum absolute atomic E-state index is 6.17. The Bertz CT molecular complexity index is 536. The van der Waals surface area contributed by atoms with Crippen LogP contribution in [0.3, 0.4) is 0 Å². The van der Waals surface area contributed by atoms with Gasteiger partial charge in [0, 0.05) is 24.5 Å². The first-order valence-electron chi connectivity index (χ1n) is 5.88. The number of aryl methyl sites for hydroxylation is 1. The van der Waals surface area contributed by atoms with Crippen molar-refractivity contribution in [3.8, 4) is 0 Å². The van der Waals surface area contributed by atoms with Gasteiger partial charge in [-0.15, -0.1) is 0 Å². The van der Waals surface area contributed by atoms with Gasteiger partial charge in [0.05, 0.1) is 0 Å². The van der Waals surface area contributed by atoms with E-state index in [0.29, 0.717) is 0 Å². The SMILES string of the molecule is CNC(Cc1ncnn1C)c1cccc(Cl)c1C. The molecule has 1 unspecified atom stereocenters. The molecular weight excluding hydrogens is 248 g/mol. The molecule has 1 aromatic heterocycles. The lowest BCUT2D eigenvalue weighted by Crippen LogP contribution is -2.21. The molecule has 0 aliphatic rings. The third-order valence-electron chi connectivity index (χ3n) is 3.23. The molecule has 2 aromatic rings. The number of nitrogens with one attached hydrogen (secondary N) is 1. The second-order valence-electron chi connectivity index (χ2n) is 4.30. The van der Waals surface area contributed by atoms with E-state index in [-0.39, 0.29) is 6.04 Å².